The first-order valence-corrected chi connectivity index (χ1v) is 29.5. The molecule has 2 unspecified atom stereocenters. The highest BCUT2D eigenvalue weighted by Gasteiger charge is 2.50. The fraction of sp³-hybridized carbons (Fsp3) is 0.810. The minimum Gasteiger partial charge on any atom is -0.386 e. The molecule has 2 amide bonds. The van der Waals surface area contributed by atoms with Gasteiger partial charge in [0, 0.05) is 37.1 Å². The lowest BCUT2D eigenvalue weighted by Gasteiger charge is -2.30. The molecule has 0 spiro atoms. The molecular weight excluding hydrogens is 999 g/mol. The number of aromatic nitrogens is 4. The Bertz CT molecular complexity index is 2060. The van der Waals surface area contributed by atoms with Crippen molar-refractivity contribution in [3.8, 4) is 0 Å². The number of carbonyl (C=O) groups is 3. The standard InChI is InChI=1S/C42H76N7O17P3S/c1-30(2)20-18-16-14-12-10-8-6-5-7-9-11-13-15-17-19-21-33(51)70-25-24-44-32(50)22-23-45-40(54)37(53)42(3,4)27-63-69(60,61)66-68(58,59)62-26-31-36(65-67(55,56)57)35(52)41(64-31)49-29-48-34-38(43)46-28-47-39(34)49/h28-31,35-37,41,52-53H,5-27H2,1-4H3,(H,44,50)(H,45,54)(H,58,59)(H,60,61)(H2,43,46,47)(H2,55,56,57)/t31-,35-,36-,37+,41-/m0/s1. The van der Waals surface area contributed by atoms with E-state index in [4.69, 9.17) is 19.5 Å². The predicted molar refractivity (Wildman–Crippen MR) is 260 cm³/mol. The Labute approximate surface area is 414 Å². The molecule has 70 heavy (non-hydrogen) atoms. The molecule has 1 aliphatic heterocycles. The maximum absolute atomic E-state index is 12.8. The molecule has 0 saturated carbocycles. The summed E-state index contributed by atoms with van der Waals surface area (Å²) in [6.07, 6.45) is 13.8. The Kier molecular flexibility index (Phi) is 27.1. The molecule has 1 fully saturated rings. The average Bonchev–Trinajstić information content (AvgIpc) is 3.84. The van der Waals surface area contributed by atoms with E-state index in [0.717, 1.165) is 54.2 Å². The van der Waals surface area contributed by atoms with Gasteiger partial charge in [-0.05, 0) is 12.3 Å². The summed E-state index contributed by atoms with van der Waals surface area (Å²) in [4.78, 5) is 88.5. The van der Waals surface area contributed by atoms with E-state index in [1.54, 1.807) is 0 Å². The maximum atomic E-state index is 12.8. The molecule has 0 aliphatic carbocycles. The van der Waals surface area contributed by atoms with Gasteiger partial charge in [0.2, 0.25) is 11.8 Å². The maximum Gasteiger partial charge on any atom is 0.481 e. The zero-order chi connectivity index (χ0) is 52.0. The Morgan fingerprint density at radius 2 is 1.40 bits per heavy atom. The number of aliphatic hydroxyl groups excluding tert-OH is 2. The van der Waals surface area contributed by atoms with E-state index in [9.17, 15) is 57.9 Å². The number of anilines is 1. The van der Waals surface area contributed by atoms with E-state index in [1.807, 2.05) is 0 Å². The molecule has 28 heteroatoms. The summed E-state index contributed by atoms with van der Waals surface area (Å²) in [5.41, 5.74) is 4.29. The van der Waals surface area contributed by atoms with Crippen LogP contribution in [0.5, 0.6) is 0 Å². The van der Waals surface area contributed by atoms with Crippen molar-refractivity contribution in [1.29, 1.82) is 0 Å². The number of ether oxygens (including phenoxy) is 1. The van der Waals surface area contributed by atoms with Crippen LogP contribution < -0.4 is 16.4 Å². The summed E-state index contributed by atoms with van der Waals surface area (Å²) in [7, 11) is -16.4. The predicted octanol–water partition coefficient (Wildman–Crippen LogP) is 5.95. The summed E-state index contributed by atoms with van der Waals surface area (Å²) in [6.45, 7) is 5.17. The molecule has 3 rings (SSSR count). The lowest BCUT2D eigenvalue weighted by Crippen LogP contribution is -2.46. The van der Waals surface area contributed by atoms with Crippen LogP contribution in [0, 0.1) is 11.3 Å². The number of hydrogen-bond acceptors (Lipinski definition) is 18. The summed E-state index contributed by atoms with van der Waals surface area (Å²) in [6, 6.07) is 0. The van der Waals surface area contributed by atoms with E-state index in [0.29, 0.717) is 12.2 Å². The fourth-order valence-corrected chi connectivity index (χ4v) is 11.0. The number of unbranched alkanes of at least 4 members (excludes halogenated alkanes) is 14. The van der Waals surface area contributed by atoms with Gasteiger partial charge in [0.05, 0.1) is 19.5 Å². The zero-order valence-electron chi connectivity index (χ0n) is 40.7. The number of nitrogen functional groups attached to an aromatic ring is 1. The quantitative estimate of drug-likeness (QED) is 0.0279. The highest BCUT2D eigenvalue weighted by Crippen LogP contribution is 2.61. The normalized spacial score (nSPS) is 19.8. The van der Waals surface area contributed by atoms with Crippen LogP contribution in [0.4, 0.5) is 5.82 Å². The second-order valence-corrected chi connectivity index (χ2v) is 23.9. The van der Waals surface area contributed by atoms with Crippen molar-refractivity contribution in [3.63, 3.8) is 0 Å². The number of nitrogens with two attached hydrogens (primary N) is 1. The van der Waals surface area contributed by atoms with E-state index in [2.05, 4.69) is 48.3 Å². The van der Waals surface area contributed by atoms with Crippen molar-refractivity contribution in [1.82, 2.24) is 30.2 Å². The third-order valence-electron chi connectivity index (χ3n) is 11.4. The Morgan fingerprint density at radius 1 is 0.829 bits per heavy atom. The van der Waals surface area contributed by atoms with Gasteiger partial charge in [0.25, 0.3) is 0 Å². The van der Waals surface area contributed by atoms with Crippen molar-refractivity contribution < 1.29 is 80.5 Å². The largest absolute Gasteiger partial charge is 0.481 e. The number of hydrogen-bond donors (Lipinski definition) is 9. The van der Waals surface area contributed by atoms with E-state index in [-0.39, 0.29) is 41.6 Å². The second-order valence-electron chi connectivity index (χ2n) is 18.5. The highest BCUT2D eigenvalue weighted by molar-refractivity contribution is 8.13. The van der Waals surface area contributed by atoms with Crippen LogP contribution in [0.2, 0.25) is 0 Å². The number of nitrogens with zero attached hydrogens (tertiary/aromatic N) is 4. The lowest BCUT2D eigenvalue weighted by atomic mass is 9.87. The van der Waals surface area contributed by atoms with E-state index >= 15 is 0 Å². The summed E-state index contributed by atoms with van der Waals surface area (Å²) in [5.74, 6) is -0.200. The molecule has 24 nitrogen and oxygen atoms in total. The van der Waals surface area contributed by atoms with Crippen molar-refractivity contribution in [2.75, 3.05) is 37.8 Å². The van der Waals surface area contributed by atoms with Gasteiger partial charge in [-0.25, -0.2) is 28.6 Å². The molecule has 2 aromatic heterocycles. The van der Waals surface area contributed by atoms with Crippen LogP contribution in [0.15, 0.2) is 12.7 Å². The van der Waals surface area contributed by atoms with Gasteiger partial charge in [0.1, 0.15) is 36.3 Å². The van der Waals surface area contributed by atoms with Gasteiger partial charge in [-0.2, -0.15) is 4.31 Å². The Hall–Kier alpha value is -2.44. The van der Waals surface area contributed by atoms with Crippen LogP contribution in [-0.2, 0) is 50.7 Å². The molecule has 3 heterocycles. The van der Waals surface area contributed by atoms with Gasteiger partial charge in [-0.1, -0.05) is 136 Å². The SMILES string of the molecule is CC(C)CCCCCCCCCCCCCCCCCC(=O)SCCNC(=O)CCNC(=O)[C@@H](O)C(C)(C)COP(=O)(O)OP(=O)(O)OC[C@@H]1O[C@H](n2cnc3c(N)ncnc32)[C@@H](O)[C@H]1OP(=O)(O)O. The fourth-order valence-electron chi connectivity index (χ4n) is 7.49. The molecule has 0 radical (unpaired) electrons. The lowest BCUT2D eigenvalue weighted by molar-refractivity contribution is -0.137. The minimum absolute atomic E-state index is 0.0341. The molecule has 1 aliphatic rings. The number of thioether (sulfide) groups is 1. The summed E-state index contributed by atoms with van der Waals surface area (Å²) < 4.78 is 62.5. The molecule has 1 saturated heterocycles. The number of phosphoric acid groups is 3. The molecule has 10 N–H and O–H groups in total. The van der Waals surface area contributed by atoms with Crippen LogP contribution >= 0.6 is 35.2 Å². The molecule has 0 bridgehead atoms. The second kappa shape index (κ2) is 30.7. The van der Waals surface area contributed by atoms with Crippen LogP contribution in [0.1, 0.15) is 149 Å². The number of aliphatic hydroxyl groups is 2. The van der Waals surface area contributed by atoms with Crippen LogP contribution in [0.3, 0.4) is 0 Å². The first kappa shape index (κ1) is 61.9. The van der Waals surface area contributed by atoms with Gasteiger partial charge in [-0.15, -0.1) is 0 Å². The van der Waals surface area contributed by atoms with Gasteiger partial charge in [0.15, 0.2) is 22.8 Å². The average molecular weight is 1080 g/mol. The first-order valence-electron chi connectivity index (χ1n) is 24.0. The minimum atomic E-state index is -5.58. The van der Waals surface area contributed by atoms with Crippen molar-refractivity contribution in [2.45, 2.75) is 174 Å². The Morgan fingerprint density at radius 3 is 1.99 bits per heavy atom. The molecule has 402 valence electrons. The molecule has 2 aromatic rings. The highest BCUT2D eigenvalue weighted by atomic mass is 32.2. The van der Waals surface area contributed by atoms with Gasteiger partial charge >= 0.3 is 23.5 Å². The number of fused-ring (bicyclic) bond motifs is 1. The monoisotopic (exact) mass is 1080 g/mol. The van der Waals surface area contributed by atoms with E-state index < -0.39 is 84.6 Å². The van der Waals surface area contributed by atoms with Gasteiger partial charge in [-0.3, -0.25) is 32.5 Å². The molecular formula is C42H76N7O17P3S. The smallest absolute Gasteiger partial charge is 0.386 e. The van der Waals surface area contributed by atoms with Crippen LogP contribution in [-0.4, -0.2) is 123 Å². The third-order valence-corrected chi connectivity index (χ3v) is 15.5. The summed E-state index contributed by atoms with van der Waals surface area (Å²) in [5, 5.41) is 26.7. The van der Waals surface area contributed by atoms with E-state index in [1.165, 1.54) is 97.3 Å². The number of amides is 2. The van der Waals surface area contributed by atoms with Gasteiger partial charge < -0.3 is 50.9 Å². The molecule has 0 aromatic carbocycles. The number of nitrogens with one attached hydrogen (secondary N) is 2. The van der Waals surface area contributed by atoms with Crippen molar-refractivity contribution in [3.05, 3.63) is 12.7 Å². The number of carbonyl (C=O) groups excluding carboxylic acids is 3. The molecule has 7 atom stereocenters. The third kappa shape index (κ3) is 23.6. The topological polar surface area (TPSA) is 364 Å². The zero-order valence-corrected chi connectivity index (χ0v) is 44.2. The summed E-state index contributed by atoms with van der Waals surface area (Å²) >= 11 is 1.16. The van der Waals surface area contributed by atoms with Crippen molar-refractivity contribution >= 4 is 69.1 Å². The van der Waals surface area contributed by atoms with Crippen molar-refractivity contribution in [2.24, 2.45) is 11.3 Å². The number of imidazole rings is 1. The first-order chi connectivity index (χ1) is 32.9. The van der Waals surface area contributed by atoms with Crippen LogP contribution in [0.25, 0.3) is 11.2 Å². The number of rotatable bonds is 37. The number of phosphoric ester groups is 3. The Balaban J connectivity index is 1.26.